The summed E-state index contributed by atoms with van der Waals surface area (Å²) in [6, 6.07) is 5.75. The molecule has 8 heteroatoms. The molecular formula is C20H22N6O2. The van der Waals surface area contributed by atoms with Gasteiger partial charge in [0.25, 0.3) is 5.78 Å². The number of hydrogen-bond donors (Lipinski definition) is 1. The van der Waals surface area contributed by atoms with E-state index in [2.05, 4.69) is 20.4 Å². The minimum Gasteiger partial charge on any atom is -0.345 e. The number of carbonyl (C=O) groups is 2. The standard InChI is InChI=1S/C20H22N6O2/c1-11-7-14(17-10-26-20(23-17)21-12(2)13(3)24-26)5-6-16(11)22-19(28)15-8-18(27)25(4)9-15/h5-7,10,15H,8-9H2,1-4H3,(H,22,28)/t15-/m0/s1. The highest BCUT2D eigenvalue weighted by atomic mass is 16.2. The first-order valence-electron chi connectivity index (χ1n) is 9.18. The van der Waals surface area contributed by atoms with E-state index in [0.717, 1.165) is 33.9 Å². The van der Waals surface area contributed by atoms with Gasteiger partial charge in [0.05, 0.1) is 29.2 Å². The van der Waals surface area contributed by atoms with Crippen LogP contribution in [-0.2, 0) is 9.59 Å². The molecule has 1 N–H and O–H groups in total. The van der Waals surface area contributed by atoms with Gasteiger partial charge in [0.2, 0.25) is 11.8 Å². The van der Waals surface area contributed by atoms with Crippen molar-refractivity contribution in [1.82, 2.24) is 24.5 Å². The van der Waals surface area contributed by atoms with Gasteiger partial charge in [-0.25, -0.2) is 14.5 Å². The molecule has 0 spiro atoms. The van der Waals surface area contributed by atoms with Crippen LogP contribution in [0.15, 0.2) is 24.4 Å². The van der Waals surface area contributed by atoms with E-state index in [1.165, 1.54) is 0 Å². The molecule has 3 heterocycles. The molecule has 0 saturated carbocycles. The van der Waals surface area contributed by atoms with Gasteiger partial charge in [0, 0.05) is 31.3 Å². The molecule has 1 aliphatic rings. The predicted octanol–water partition coefficient (Wildman–Crippen LogP) is 2.13. The highest BCUT2D eigenvalue weighted by molar-refractivity contribution is 5.97. The largest absolute Gasteiger partial charge is 0.345 e. The van der Waals surface area contributed by atoms with Crippen LogP contribution in [0.3, 0.4) is 0 Å². The lowest BCUT2D eigenvalue weighted by Crippen LogP contribution is -2.26. The second kappa shape index (κ2) is 6.70. The molecule has 144 valence electrons. The SMILES string of the molecule is Cc1cc(-c2cn3nc(C)c(C)nc3n2)ccc1NC(=O)[C@H]1CC(=O)N(C)C1. The smallest absolute Gasteiger partial charge is 0.251 e. The number of rotatable bonds is 3. The fourth-order valence-corrected chi connectivity index (χ4v) is 3.35. The molecule has 2 aromatic heterocycles. The molecule has 1 fully saturated rings. The second-order valence-electron chi connectivity index (χ2n) is 7.35. The van der Waals surface area contributed by atoms with Gasteiger partial charge in [-0.3, -0.25) is 9.59 Å². The van der Waals surface area contributed by atoms with Crippen molar-refractivity contribution in [2.45, 2.75) is 27.2 Å². The van der Waals surface area contributed by atoms with E-state index in [0.29, 0.717) is 12.3 Å². The maximum absolute atomic E-state index is 12.5. The van der Waals surface area contributed by atoms with Crippen LogP contribution in [0.2, 0.25) is 0 Å². The summed E-state index contributed by atoms with van der Waals surface area (Å²) in [6.07, 6.45) is 2.11. The van der Waals surface area contributed by atoms with Gasteiger partial charge in [-0.1, -0.05) is 6.07 Å². The molecule has 1 atom stereocenters. The summed E-state index contributed by atoms with van der Waals surface area (Å²) in [4.78, 5) is 34.7. The first kappa shape index (κ1) is 18.1. The number of benzene rings is 1. The summed E-state index contributed by atoms with van der Waals surface area (Å²) in [5.74, 6) is 0.134. The Morgan fingerprint density at radius 1 is 1.18 bits per heavy atom. The number of likely N-dealkylation sites (tertiary alicyclic amines) is 1. The third-order valence-electron chi connectivity index (χ3n) is 5.21. The van der Waals surface area contributed by atoms with Gasteiger partial charge in [-0.05, 0) is 38.5 Å². The minimum absolute atomic E-state index is 0.00626. The fraction of sp³-hybridized carbons (Fsp3) is 0.350. The number of amides is 2. The van der Waals surface area contributed by atoms with Crippen molar-refractivity contribution in [1.29, 1.82) is 0 Å². The van der Waals surface area contributed by atoms with Gasteiger partial charge in [0.1, 0.15) is 0 Å². The normalized spacial score (nSPS) is 16.8. The Labute approximate surface area is 162 Å². The number of carbonyl (C=O) groups excluding carboxylic acids is 2. The van der Waals surface area contributed by atoms with E-state index in [1.807, 2.05) is 45.2 Å². The van der Waals surface area contributed by atoms with Crippen LogP contribution < -0.4 is 5.32 Å². The third-order valence-corrected chi connectivity index (χ3v) is 5.21. The van der Waals surface area contributed by atoms with Crippen LogP contribution in [0.1, 0.15) is 23.4 Å². The average Bonchev–Trinajstić information content (AvgIpc) is 3.20. The quantitative estimate of drug-likeness (QED) is 0.754. The van der Waals surface area contributed by atoms with E-state index in [9.17, 15) is 9.59 Å². The lowest BCUT2D eigenvalue weighted by molar-refractivity contribution is -0.127. The number of nitrogens with one attached hydrogen (secondary N) is 1. The van der Waals surface area contributed by atoms with Crippen LogP contribution in [0.5, 0.6) is 0 Å². The first-order valence-corrected chi connectivity index (χ1v) is 9.18. The van der Waals surface area contributed by atoms with E-state index < -0.39 is 0 Å². The van der Waals surface area contributed by atoms with Crippen molar-refractivity contribution in [2.24, 2.45) is 5.92 Å². The summed E-state index contributed by atoms with van der Waals surface area (Å²) < 4.78 is 1.68. The molecular weight excluding hydrogens is 356 g/mol. The first-order chi connectivity index (χ1) is 13.3. The molecule has 0 unspecified atom stereocenters. The van der Waals surface area contributed by atoms with Gasteiger partial charge >= 0.3 is 0 Å². The highest BCUT2D eigenvalue weighted by Gasteiger charge is 2.32. The maximum Gasteiger partial charge on any atom is 0.251 e. The zero-order valence-electron chi connectivity index (χ0n) is 16.4. The topological polar surface area (TPSA) is 92.5 Å². The van der Waals surface area contributed by atoms with E-state index >= 15 is 0 Å². The van der Waals surface area contributed by atoms with Crippen molar-refractivity contribution in [2.75, 3.05) is 18.9 Å². The molecule has 0 bridgehead atoms. The summed E-state index contributed by atoms with van der Waals surface area (Å²) in [6.45, 7) is 6.22. The number of fused-ring (bicyclic) bond motifs is 1. The Hall–Kier alpha value is -3.29. The molecule has 4 rings (SSSR count). The van der Waals surface area contributed by atoms with Gasteiger partial charge in [-0.2, -0.15) is 5.10 Å². The lowest BCUT2D eigenvalue weighted by Gasteiger charge is -2.13. The Balaban J connectivity index is 1.56. The monoisotopic (exact) mass is 378 g/mol. The van der Waals surface area contributed by atoms with Crippen LogP contribution in [0.25, 0.3) is 17.0 Å². The van der Waals surface area contributed by atoms with Crippen molar-refractivity contribution in [3.8, 4) is 11.3 Å². The Kier molecular flexibility index (Phi) is 4.33. The van der Waals surface area contributed by atoms with Crippen molar-refractivity contribution in [3.63, 3.8) is 0 Å². The molecule has 1 aliphatic heterocycles. The highest BCUT2D eigenvalue weighted by Crippen LogP contribution is 2.26. The lowest BCUT2D eigenvalue weighted by atomic mass is 10.1. The zero-order chi connectivity index (χ0) is 20.0. The summed E-state index contributed by atoms with van der Waals surface area (Å²) in [7, 11) is 1.72. The Bertz CT molecular complexity index is 1060. The Morgan fingerprint density at radius 3 is 2.64 bits per heavy atom. The number of nitrogens with zero attached hydrogens (tertiary/aromatic N) is 5. The molecule has 1 aromatic carbocycles. The zero-order valence-corrected chi connectivity index (χ0v) is 16.4. The molecule has 1 saturated heterocycles. The number of anilines is 1. The van der Waals surface area contributed by atoms with Gasteiger partial charge in [0.15, 0.2) is 0 Å². The summed E-state index contributed by atoms with van der Waals surface area (Å²) in [5.41, 5.74) is 5.08. The molecule has 2 amide bonds. The van der Waals surface area contributed by atoms with Crippen LogP contribution in [0, 0.1) is 26.7 Å². The summed E-state index contributed by atoms with van der Waals surface area (Å²) >= 11 is 0. The number of aryl methyl sites for hydroxylation is 3. The predicted molar refractivity (Wildman–Crippen MR) is 105 cm³/mol. The fourth-order valence-electron chi connectivity index (χ4n) is 3.35. The molecule has 3 aromatic rings. The average molecular weight is 378 g/mol. The van der Waals surface area contributed by atoms with Crippen molar-refractivity contribution >= 4 is 23.3 Å². The van der Waals surface area contributed by atoms with Gasteiger partial charge in [-0.15, -0.1) is 0 Å². The molecule has 0 aliphatic carbocycles. The Morgan fingerprint density at radius 2 is 1.96 bits per heavy atom. The van der Waals surface area contributed by atoms with Crippen molar-refractivity contribution in [3.05, 3.63) is 41.3 Å². The number of hydrogen-bond acceptors (Lipinski definition) is 5. The second-order valence-corrected chi connectivity index (χ2v) is 7.35. The van der Waals surface area contributed by atoms with Crippen LogP contribution in [-0.4, -0.2) is 49.9 Å². The maximum atomic E-state index is 12.5. The van der Waals surface area contributed by atoms with Crippen molar-refractivity contribution < 1.29 is 9.59 Å². The van der Waals surface area contributed by atoms with E-state index in [4.69, 9.17) is 0 Å². The van der Waals surface area contributed by atoms with Crippen LogP contribution >= 0.6 is 0 Å². The molecule has 28 heavy (non-hydrogen) atoms. The van der Waals surface area contributed by atoms with Gasteiger partial charge < -0.3 is 10.2 Å². The third kappa shape index (κ3) is 3.21. The van der Waals surface area contributed by atoms with E-state index in [1.54, 1.807) is 16.5 Å². The number of aromatic nitrogens is 4. The van der Waals surface area contributed by atoms with E-state index in [-0.39, 0.29) is 24.2 Å². The minimum atomic E-state index is -0.307. The molecule has 8 nitrogen and oxygen atoms in total. The number of imidazole rings is 1. The summed E-state index contributed by atoms with van der Waals surface area (Å²) in [5, 5.41) is 7.41. The molecule has 0 radical (unpaired) electrons. The van der Waals surface area contributed by atoms with Crippen LogP contribution in [0.4, 0.5) is 5.69 Å².